The fourth-order valence-corrected chi connectivity index (χ4v) is 7.07. The molecule has 9 nitrogen and oxygen atoms in total. The minimum absolute atomic E-state index is 0.00275. The normalized spacial score (nSPS) is 16.6. The lowest BCUT2D eigenvalue weighted by Crippen LogP contribution is -2.40. The Hall–Kier alpha value is -2.71. The van der Waals surface area contributed by atoms with Crippen molar-refractivity contribution in [3.63, 3.8) is 0 Å². The number of fused-ring (bicyclic) bond motifs is 1. The Morgan fingerprint density at radius 2 is 1.74 bits per heavy atom. The van der Waals surface area contributed by atoms with Crippen LogP contribution in [0.3, 0.4) is 0 Å². The lowest BCUT2D eigenvalue weighted by Gasteiger charge is -2.29. The van der Waals surface area contributed by atoms with Crippen molar-refractivity contribution < 1.29 is 26.0 Å². The van der Waals surface area contributed by atoms with Crippen molar-refractivity contribution in [1.82, 2.24) is 8.87 Å². The fraction of sp³-hybridized carbons (Fsp3) is 0.273. The SMILES string of the molecule is C=CCn1c(=NC(=O)C2CCN(S(=O)(=O)c3ccc(F)cc3)CC2)sc2cc(S(N)(=O)=O)ccc21. The third-order valence-electron chi connectivity index (χ3n) is 5.75. The van der Waals surface area contributed by atoms with E-state index in [1.54, 1.807) is 16.7 Å². The number of carbonyl (C=O) groups is 1. The number of primary sulfonamides is 1. The molecule has 0 unspecified atom stereocenters. The first-order valence-corrected chi connectivity index (χ1v) is 14.4. The predicted molar refractivity (Wildman–Crippen MR) is 130 cm³/mol. The number of aromatic nitrogens is 1. The number of carbonyl (C=O) groups excluding carboxylic acids is 1. The topological polar surface area (TPSA) is 132 Å². The number of nitrogens with two attached hydrogens (primary N) is 1. The molecule has 1 fully saturated rings. The third-order valence-corrected chi connectivity index (χ3v) is 9.62. The Labute approximate surface area is 206 Å². The van der Waals surface area contributed by atoms with Gasteiger partial charge in [0.15, 0.2) is 4.80 Å². The van der Waals surface area contributed by atoms with Crippen LogP contribution in [0.1, 0.15) is 12.8 Å². The predicted octanol–water partition coefficient (Wildman–Crippen LogP) is 2.20. The molecule has 1 saturated heterocycles. The van der Waals surface area contributed by atoms with Crippen molar-refractivity contribution in [2.24, 2.45) is 16.0 Å². The maximum Gasteiger partial charge on any atom is 0.251 e. The molecule has 0 radical (unpaired) electrons. The number of benzene rings is 2. The summed E-state index contributed by atoms with van der Waals surface area (Å²) in [5, 5.41) is 5.23. The molecule has 0 atom stereocenters. The molecule has 1 aliphatic rings. The van der Waals surface area contributed by atoms with Crippen molar-refractivity contribution in [3.05, 3.63) is 65.7 Å². The maximum atomic E-state index is 13.2. The van der Waals surface area contributed by atoms with Gasteiger partial charge in [-0.05, 0) is 55.3 Å². The van der Waals surface area contributed by atoms with Gasteiger partial charge in [0, 0.05) is 25.6 Å². The zero-order valence-corrected chi connectivity index (χ0v) is 21.0. The Morgan fingerprint density at radius 3 is 2.34 bits per heavy atom. The number of sulfonamides is 2. The van der Waals surface area contributed by atoms with Gasteiger partial charge in [0.2, 0.25) is 20.0 Å². The van der Waals surface area contributed by atoms with Crippen LogP contribution >= 0.6 is 11.3 Å². The van der Waals surface area contributed by atoms with E-state index in [0.29, 0.717) is 34.4 Å². The number of rotatable bonds is 6. The molecule has 35 heavy (non-hydrogen) atoms. The van der Waals surface area contributed by atoms with E-state index in [1.807, 2.05) is 0 Å². The van der Waals surface area contributed by atoms with E-state index in [9.17, 15) is 26.0 Å². The molecule has 0 spiro atoms. The summed E-state index contributed by atoms with van der Waals surface area (Å²) < 4.78 is 65.8. The van der Waals surface area contributed by atoms with E-state index < -0.39 is 31.8 Å². The molecule has 13 heteroatoms. The quantitative estimate of drug-likeness (QED) is 0.481. The molecule has 1 aliphatic heterocycles. The number of nitrogens with zero attached hydrogens (tertiary/aromatic N) is 3. The second kappa shape index (κ2) is 9.74. The summed E-state index contributed by atoms with van der Waals surface area (Å²) in [7, 11) is -7.66. The average molecular weight is 539 g/mol. The Balaban J connectivity index is 1.56. The van der Waals surface area contributed by atoms with Gasteiger partial charge in [-0.15, -0.1) is 6.58 Å². The second-order valence-corrected chi connectivity index (χ2v) is 12.5. The third kappa shape index (κ3) is 5.28. The highest BCUT2D eigenvalue weighted by Gasteiger charge is 2.32. The van der Waals surface area contributed by atoms with Gasteiger partial charge in [0.1, 0.15) is 5.82 Å². The van der Waals surface area contributed by atoms with Crippen LogP contribution in [0.2, 0.25) is 0 Å². The van der Waals surface area contributed by atoms with Gasteiger partial charge in [-0.2, -0.15) is 9.30 Å². The summed E-state index contributed by atoms with van der Waals surface area (Å²) >= 11 is 1.16. The Bertz CT molecular complexity index is 1570. The van der Waals surface area contributed by atoms with Gasteiger partial charge >= 0.3 is 0 Å². The van der Waals surface area contributed by atoms with Crippen molar-refractivity contribution in [2.75, 3.05) is 13.1 Å². The van der Waals surface area contributed by atoms with Crippen molar-refractivity contribution in [3.8, 4) is 0 Å². The molecule has 4 rings (SSSR count). The highest BCUT2D eigenvalue weighted by molar-refractivity contribution is 7.89. The second-order valence-electron chi connectivity index (χ2n) is 8.04. The number of allylic oxidation sites excluding steroid dienone is 1. The van der Waals surface area contributed by atoms with E-state index in [2.05, 4.69) is 11.6 Å². The number of halogens is 1. The van der Waals surface area contributed by atoms with Crippen LogP contribution in [-0.4, -0.2) is 44.7 Å². The lowest BCUT2D eigenvalue weighted by molar-refractivity contribution is -0.122. The van der Waals surface area contributed by atoms with Crippen LogP contribution in [0.4, 0.5) is 4.39 Å². The minimum atomic E-state index is -3.88. The fourth-order valence-electron chi connectivity index (χ4n) is 3.91. The molecule has 0 aliphatic carbocycles. The molecular formula is C22H23FN4O5S3. The summed E-state index contributed by atoms with van der Waals surface area (Å²) in [4.78, 5) is 17.6. The smallest absolute Gasteiger partial charge is 0.251 e. The summed E-state index contributed by atoms with van der Waals surface area (Å²) in [6, 6.07) is 9.08. The standard InChI is InChI=1S/C22H23FN4O5S3/c1-2-11-27-19-8-7-18(34(24,29)30)14-20(19)33-22(27)25-21(28)15-9-12-26(13-10-15)35(31,32)17-5-3-16(23)4-6-17/h2-8,14-15H,1,9-13H2,(H2,24,29,30). The monoisotopic (exact) mass is 538 g/mol. The molecule has 2 heterocycles. The molecule has 1 aromatic heterocycles. The molecule has 0 saturated carbocycles. The zero-order valence-electron chi connectivity index (χ0n) is 18.5. The van der Waals surface area contributed by atoms with E-state index in [-0.39, 0.29) is 28.8 Å². The molecule has 186 valence electrons. The Morgan fingerprint density at radius 1 is 1.11 bits per heavy atom. The van der Waals surface area contributed by atoms with Crippen LogP contribution < -0.4 is 9.94 Å². The molecule has 1 amide bonds. The van der Waals surface area contributed by atoms with E-state index in [0.717, 1.165) is 23.5 Å². The zero-order chi connectivity index (χ0) is 25.4. The van der Waals surface area contributed by atoms with E-state index >= 15 is 0 Å². The van der Waals surface area contributed by atoms with E-state index in [1.165, 1.54) is 28.6 Å². The number of amides is 1. The maximum absolute atomic E-state index is 13.2. The summed E-state index contributed by atoms with van der Waals surface area (Å²) in [6.07, 6.45) is 2.23. The van der Waals surface area contributed by atoms with Gasteiger partial charge in [-0.25, -0.2) is 26.4 Å². The summed E-state index contributed by atoms with van der Waals surface area (Å²) in [6.45, 7) is 4.37. The first-order chi connectivity index (χ1) is 16.5. The average Bonchev–Trinajstić information content (AvgIpc) is 3.15. The lowest BCUT2D eigenvalue weighted by atomic mass is 9.98. The van der Waals surface area contributed by atoms with E-state index in [4.69, 9.17) is 5.14 Å². The van der Waals surface area contributed by atoms with Crippen LogP contribution in [-0.2, 0) is 31.4 Å². The molecule has 2 N–H and O–H groups in total. The number of thiazole rings is 1. The molecular weight excluding hydrogens is 515 g/mol. The minimum Gasteiger partial charge on any atom is -0.313 e. The van der Waals surface area contributed by atoms with Crippen LogP contribution in [0, 0.1) is 11.7 Å². The number of piperidine rings is 1. The van der Waals surface area contributed by atoms with Gasteiger partial charge in [0.05, 0.1) is 20.0 Å². The number of hydrogen-bond donors (Lipinski definition) is 1. The first kappa shape index (κ1) is 25.4. The molecule has 0 bridgehead atoms. The summed E-state index contributed by atoms with van der Waals surface area (Å²) in [5.41, 5.74) is 0.689. The van der Waals surface area contributed by atoms with Gasteiger partial charge in [0.25, 0.3) is 5.91 Å². The summed E-state index contributed by atoms with van der Waals surface area (Å²) in [5.74, 6) is -1.36. The number of hydrogen-bond acceptors (Lipinski definition) is 6. The van der Waals surface area contributed by atoms with Gasteiger partial charge in [-0.1, -0.05) is 17.4 Å². The van der Waals surface area contributed by atoms with Crippen LogP contribution in [0.25, 0.3) is 10.2 Å². The first-order valence-electron chi connectivity index (χ1n) is 10.6. The molecule has 3 aromatic rings. The van der Waals surface area contributed by atoms with Gasteiger partial charge in [-0.3, -0.25) is 4.79 Å². The highest BCUT2D eigenvalue weighted by Crippen LogP contribution is 2.25. The van der Waals surface area contributed by atoms with Crippen molar-refractivity contribution in [2.45, 2.75) is 29.2 Å². The highest BCUT2D eigenvalue weighted by atomic mass is 32.2. The van der Waals surface area contributed by atoms with Crippen LogP contribution in [0.15, 0.2) is 69.9 Å². The van der Waals surface area contributed by atoms with Crippen molar-refractivity contribution >= 4 is 47.5 Å². The van der Waals surface area contributed by atoms with Gasteiger partial charge < -0.3 is 4.57 Å². The Kier molecular flexibility index (Phi) is 7.06. The largest absolute Gasteiger partial charge is 0.313 e. The van der Waals surface area contributed by atoms with Crippen LogP contribution in [0.5, 0.6) is 0 Å². The van der Waals surface area contributed by atoms with Crippen molar-refractivity contribution in [1.29, 1.82) is 0 Å². The molecule has 2 aromatic carbocycles.